The van der Waals surface area contributed by atoms with Gasteiger partial charge in [-0.3, -0.25) is 0 Å². The molecule has 0 fully saturated rings. The highest BCUT2D eigenvalue weighted by atomic mass is 79.9. The van der Waals surface area contributed by atoms with Crippen molar-refractivity contribution in [3.8, 4) is 11.8 Å². The van der Waals surface area contributed by atoms with Crippen molar-refractivity contribution in [3.05, 3.63) is 63.3 Å². The maximum absolute atomic E-state index is 12.5. The number of benzene rings is 2. The molecule has 1 aromatic heterocycles. The lowest BCUT2D eigenvalue weighted by molar-refractivity contribution is 0.0527. The number of nitrogens with one attached hydrogen (secondary N) is 1. The molecule has 0 atom stereocenters. The molecule has 0 radical (unpaired) electrons. The Balaban J connectivity index is 2.08. The van der Waals surface area contributed by atoms with Crippen LogP contribution in [-0.4, -0.2) is 24.7 Å². The van der Waals surface area contributed by atoms with Gasteiger partial charge in [-0.15, -0.1) is 0 Å². The molecule has 1 N–H and O–H groups in total. The number of nitriles is 1. The van der Waals surface area contributed by atoms with Crippen molar-refractivity contribution >= 4 is 32.8 Å². The van der Waals surface area contributed by atoms with Crippen LogP contribution in [0.25, 0.3) is 10.9 Å². The Bertz CT molecular complexity index is 1020. The van der Waals surface area contributed by atoms with Crippen LogP contribution in [0.5, 0.6) is 5.75 Å². The predicted octanol–water partition coefficient (Wildman–Crippen LogP) is 4.58. The summed E-state index contributed by atoms with van der Waals surface area (Å²) in [4.78, 5) is 15.8. The third kappa shape index (κ3) is 3.44. The molecule has 0 aliphatic rings. The monoisotopic (exact) mass is 412 g/mol. The number of aromatic nitrogens is 1. The zero-order chi connectivity index (χ0) is 18.7. The van der Waals surface area contributed by atoms with Crippen LogP contribution in [0.4, 0.5) is 0 Å². The first-order chi connectivity index (χ1) is 12.6. The van der Waals surface area contributed by atoms with Gasteiger partial charge in [0.2, 0.25) is 0 Å². The number of nitrogens with zero attached hydrogens (tertiary/aromatic N) is 1. The second kappa shape index (κ2) is 7.63. The Kier molecular flexibility index (Phi) is 5.29. The summed E-state index contributed by atoms with van der Waals surface area (Å²) in [6.07, 6.45) is 0.521. The van der Waals surface area contributed by atoms with E-state index in [-0.39, 0.29) is 5.97 Å². The summed E-state index contributed by atoms with van der Waals surface area (Å²) >= 11 is 3.48. The summed E-state index contributed by atoms with van der Waals surface area (Å²) in [6, 6.07) is 13.1. The summed E-state index contributed by atoms with van der Waals surface area (Å²) in [5.74, 6) is 0.376. The summed E-state index contributed by atoms with van der Waals surface area (Å²) in [5, 5.41) is 9.86. The minimum Gasteiger partial charge on any atom is -0.496 e. The molecule has 6 heteroatoms. The molecule has 0 unspecified atom stereocenters. The van der Waals surface area contributed by atoms with E-state index < -0.39 is 0 Å². The van der Waals surface area contributed by atoms with Gasteiger partial charge in [0.1, 0.15) is 5.75 Å². The molecule has 0 amide bonds. The van der Waals surface area contributed by atoms with Crippen LogP contribution in [0.2, 0.25) is 0 Å². The van der Waals surface area contributed by atoms with Crippen molar-refractivity contribution in [2.45, 2.75) is 13.3 Å². The number of hydrogen-bond donors (Lipinski definition) is 1. The van der Waals surface area contributed by atoms with Crippen LogP contribution in [0.1, 0.15) is 34.1 Å². The van der Waals surface area contributed by atoms with Crippen LogP contribution >= 0.6 is 15.9 Å². The van der Waals surface area contributed by atoms with Gasteiger partial charge in [-0.2, -0.15) is 5.26 Å². The largest absolute Gasteiger partial charge is 0.496 e. The summed E-state index contributed by atoms with van der Waals surface area (Å²) in [6.45, 7) is 2.08. The Morgan fingerprint density at radius 3 is 2.73 bits per heavy atom. The summed E-state index contributed by atoms with van der Waals surface area (Å²) in [7, 11) is 1.61. The lowest BCUT2D eigenvalue weighted by atomic mass is 10.0. The molecule has 0 bridgehead atoms. The van der Waals surface area contributed by atoms with Gasteiger partial charge in [0, 0.05) is 23.0 Å². The third-order valence-corrected chi connectivity index (χ3v) is 4.70. The smallest absolute Gasteiger partial charge is 0.340 e. The SMILES string of the molecule is CCOC(=O)c1c(Cc2ccc(OC)c(Br)c2)[nH]c2cc(C#N)ccc12. The number of ether oxygens (including phenoxy) is 2. The van der Waals surface area contributed by atoms with Gasteiger partial charge in [0.25, 0.3) is 0 Å². The van der Waals surface area contributed by atoms with Crippen LogP contribution in [0.3, 0.4) is 0 Å². The molecule has 0 aliphatic carbocycles. The molecule has 5 nitrogen and oxygen atoms in total. The highest BCUT2D eigenvalue weighted by molar-refractivity contribution is 9.10. The molecule has 0 spiro atoms. The number of carbonyl (C=O) groups is 1. The highest BCUT2D eigenvalue weighted by Crippen LogP contribution is 2.29. The molecule has 2 aromatic carbocycles. The average molecular weight is 413 g/mol. The summed E-state index contributed by atoms with van der Waals surface area (Å²) < 4.78 is 11.3. The van der Waals surface area contributed by atoms with E-state index in [1.807, 2.05) is 18.2 Å². The number of halogens is 1. The first kappa shape index (κ1) is 18.0. The van der Waals surface area contributed by atoms with Gasteiger partial charge < -0.3 is 14.5 Å². The fourth-order valence-corrected chi connectivity index (χ4v) is 3.50. The standard InChI is InChI=1S/C20H17BrN2O3/c1-3-26-20(24)19-14-6-4-13(11-22)10-16(14)23-17(19)9-12-5-7-18(25-2)15(21)8-12/h4-8,10,23H,3,9H2,1-2H3. The van der Waals surface area contributed by atoms with Crippen molar-refractivity contribution in [2.75, 3.05) is 13.7 Å². The molecule has 1 heterocycles. The van der Waals surface area contributed by atoms with Crippen LogP contribution in [0.15, 0.2) is 40.9 Å². The number of fused-ring (bicyclic) bond motifs is 1. The fraction of sp³-hybridized carbons (Fsp3) is 0.200. The molecule has 26 heavy (non-hydrogen) atoms. The van der Waals surface area contributed by atoms with Crippen molar-refractivity contribution in [2.24, 2.45) is 0 Å². The molecule has 0 aliphatic heterocycles. The fourth-order valence-electron chi connectivity index (χ4n) is 2.92. The van der Waals surface area contributed by atoms with Gasteiger partial charge in [0.15, 0.2) is 0 Å². The van der Waals surface area contributed by atoms with Crippen LogP contribution < -0.4 is 4.74 Å². The topological polar surface area (TPSA) is 75.1 Å². The quantitative estimate of drug-likeness (QED) is 0.622. The normalized spacial score (nSPS) is 10.5. The van der Waals surface area contributed by atoms with E-state index >= 15 is 0 Å². The van der Waals surface area contributed by atoms with E-state index in [1.165, 1.54) is 0 Å². The molecular weight excluding hydrogens is 396 g/mol. The molecule has 132 valence electrons. The summed E-state index contributed by atoms with van der Waals surface area (Å²) in [5.41, 5.74) is 3.56. The lowest BCUT2D eigenvalue weighted by Crippen LogP contribution is -2.07. The molecule has 0 saturated heterocycles. The number of aromatic amines is 1. The van der Waals surface area contributed by atoms with E-state index in [2.05, 4.69) is 27.0 Å². The maximum atomic E-state index is 12.5. The lowest BCUT2D eigenvalue weighted by Gasteiger charge is -2.08. The number of carbonyl (C=O) groups excluding carboxylic acids is 1. The number of hydrogen-bond acceptors (Lipinski definition) is 4. The molecule has 0 saturated carbocycles. The molecular formula is C20H17BrN2O3. The Labute approximate surface area is 159 Å². The van der Waals surface area contributed by atoms with E-state index in [1.54, 1.807) is 32.2 Å². The predicted molar refractivity (Wildman–Crippen MR) is 102 cm³/mol. The third-order valence-electron chi connectivity index (χ3n) is 4.08. The van der Waals surface area contributed by atoms with E-state index in [0.29, 0.717) is 24.2 Å². The maximum Gasteiger partial charge on any atom is 0.340 e. The van der Waals surface area contributed by atoms with Gasteiger partial charge >= 0.3 is 5.97 Å². The van der Waals surface area contributed by atoms with Crippen LogP contribution in [0, 0.1) is 11.3 Å². The van der Waals surface area contributed by atoms with Crippen molar-refractivity contribution in [1.29, 1.82) is 5.26 Å². The second-order valence-corrected chi connectivity index (χ2v) is 6.57. The van der Waals surface area contributed by atoms with Gasteiger partial charge in [-0.05, 0) is 52.7 Å². The van der Waals surface area contributed by atoms with Gasteiger partial charge in [0.05, 0.1) is 35.4 Å². The minimum absolute atomic E-state index is 0.301. The molecule has 3 rings (SSSR count). The number of H-pyrrole nitrogens is 1. The Morgan fingerprint density at radius 1 is 1.27 bits per heavy atom. The van der Waals surface area contributed by atoms with Crippen molar-refractivity contribution in [1.82, 2.24) is 4.98 Å². The van der Waals surface area contributed by atoms with E-state index in [9.17, 15) is 4.79 Å². The first-order valence-corrected chi connectivity index (χ1v) is 8.91. The number of rotatable bonds is 5. The number of methoxy groups -OCH3 is 1. The number of esters is 1. The molecule has 3 aromatic rings. The van der Waals surface area contributed by atoms with Gasteiger partial charge in [-0.1, -0.05) is 12.1 Å². The average Bonchev–Trinajstić information content (AvgIpc) is 2.98. The van der Waals surface area contributed by atoms with Gasteiger partial charge in [-0.25, -0.2) is 4.79 Å². The van der Waals surface area contributed by atoms with E-state index in [0.717, 1.165) is 32.4 Å². The Morgan fingerprint density at radius 2 is 2.08 bits per heavy atom. The van der Waals surface area contributed by atoms with Crippen molar-refractivity contribution < 1.29 is 14.3 Å². The minimum atomic E-state index is -0.369. The van der Waals surface area contributed by atoms with Crippen LogP contribution in [-0.2, 0) is 11.2 Å². The Hall–Kier alpha value is -2.78. The zero-order valence-corrected chi connectivity index (χ0v) is 16.0. The zero-order valence-electron chi connectivity index (χ0n) is 14.4. The van der Waals surface area contributed by atoms with E-state index in [4.69, 9.17) is 14.7 Å². The first-order valence-electron chi connectivity index (χ1n) is 8.11. The van der Waals surface area contributed by atoms with Crippen molar-refractivity contribution in [3.63, 3.8) is 0 Å². The second-order valence-electron chi connectivity index (χ2n) is 5.72. The highest BCUT2D eigenvalue weighted by Gasteiger charge is 2.20.